The molecule has 31 heavy (non-hydrogen) atoms. The number of alkyl halides is 1. The highest BCUT2D eigenvalue weighted by atomic mass is 19.1. The molecule has 3 aromatic rings. The Morgan fingerprint density at radius 2 is 1.94 bits per heavy atom. The molecular formula is C22H20F3N5O. The molecule has 0 atom stereocenters. The lowest BCUT2D eigenvalue weighted by Gasteiger charge is -2.44. The molecule has 0 saturated heterocycles. The van der Waals surface area contributed by atoms with Gasteiger partial charge >= 0.3 is 0 Å². The Morgan fingerprint density at radius 1 is 1.13 bits per heavy atom. The van der Waals surface area contributed by atoms with Crippen molar-refractivity contribution in [3.63, 3.8) is 0 Å². The van der Waals surface area contributed by atoms with Gasteiger partial charge in [-0.05, 0) is 55.3 Å². The first-order valence-electron chi connectivity index (χ1n) is 9.76. The minimum absolute atomic E-state index is 0.145. The fourth-order valence-electron chi connectivity index (χ4n) is 3.82. The lowest BCUT2D eigenvalue weighted by Crippen LogP contribution is -2.49. The number of benzene rings is 1. The normalized spacial score (nSPS) is 20.1. The molecule has 160 valence electrons. The fourth-order valence-corrected chi connectivity index (χ4v) is 3.82. The number of aromatic nitrogens is 3. The molecule has 1 amide bonds. The van der Waals surface area contributed by atoms with Crippen LogP contribution >= 0.6 is 0 Å². The summed E-state index contributed by atoms with van der Waals surface area (Å²) in [5, 5.41) is 13.6. The fraction of sp³-hybridized carbons (Fsp3) is 0.273. The monoisotopic (exact) mass is 427 g/mol. The van der Waals surface area contributed by atoms with Gasteiger partial charge in [0.1, 0.15) is 23.6 Å². The average molecular weight is 427 g/mol. The minimum atomic E-state index is -1.01. The minimum Gasteiger partial charge on any atom is -0.368 e. The summed E-state index contributed by atoms with van der Waals surface area (Å²) in [7, 11) is 1.49. The van der Waals surface area contributed by atoms with Crippen LogP contribution < -0.4 is 10.6 Å². The number of carbonyl (C=O) groups is 1. The Morgan fingerprint density at radius 3 is 2.58 bits per heavy atom. The molecule has 1 aromatic carbocycles. The van der Waals surface area contributed by atoms with Crippen LogP contribution in [-0.4, -0.2) is 40.9 Å². The van der Waals surface area contributed by atoms with Crippen LogP contribution in [-0.2, 0) is 5.41 Å². The predicted molar refractivity (Wildman–Crippen MR) is 109 cm³/mol. The summed E-state index contributed by atoms with van der Waals surface area (Å²) in [5.41, 5.74) is 0.166. The zero-order valence-corrected chi connectivity index (χ0v) is 16.7. The first-order chi connectivity index (χ1) is 14.9. The van der Waals surface area contributed by atoms with E-state index in [4.69, 9.17) is 0 Å². The van der Waals surface area contributed by atoms with Gasteiger partial charge in [0.15, 0.2) is 0 Å². The molecule has 1 aliphatic rings. The molecular weight excluding hydrogens is 407 g/mol. The van der Waals surface area contributed by atoms with E-state index >= 15 is 0 Å². The molecule has 0 bridgehead atoms. The SMILES string of the molecule is CNC(=O)c1ccc(F)c(-c2ccc(NCC3(c4ncccc4F)CC(F)C3)nn2)c1. The van der Waals surface area contributed by atoms with Crippen LogP contribution in [0.1, 0.15) is 28.9 Å². The lowest BCUT2D eigenvalue weighted by atomic mass is 9.65. The van der Waals surface area contributed by atoms with Crippen LogP contribution in [0.3, 0.4) is 0 Å². The maximum atomic E-state index is 14.3. The molecule has 0 spiro atoms. The molecule has 1 aliphatic carbocycles. The number of anilines is 1. The van der Waals surface area contributed by atoms with Gasteiger partial charge in [0.05, 0.1) is 11.4 Å². The van der Waals surface area contributed by atoms with E-state index in [1.54, 1.807) is 12.1 Å². The summed E-state index contributed by atoms with van der Waals surface area (Å²) < 4.78 is 42.2. The largest absolute Gasteiger partial charge is 0.368 e. The Hall–Kier alpha value is -3.49. The Balaban J connectivity index is 1.52. The molecule has 2 N–H and O–H groups in total. The van der Waals surface area contributed by atoms with Crippen LogP contribution in [0.5, 0.6) is 0 Å². The molecule has 9 heteroatoms. The first-order valence-corrected chi connectivity index (χ1v) is 9.76. The number of rotatable bonds is 6. The molecule has 0 radical (unpaired) electrons. The predicted octanol–water partition coefficient (Wildman–Crippen LogP) is 3.66. The number of hydrogen-bond acceptors (Lipinski definition) is 5. The van der Waals surface area contributed by atoms with Crippen molar-refractivity contribution in [1.29, 1.82) is 0 Å². The van der Waals surface area contributed by atoms with Gasteiger partial charge in [0.2, 0.25) is 0 Å². The molecule has 1 saturated carbocycles. The molecule has 4 rings (SSSR count). The van der Waals surface area contributed by atoms with Gasteiger partial charge in [-0.2, -0.15) is 0 Å². The third-order valence-corrected chi connectivity index (χ3v) is 5.49. The van der Waals surface area contributed by atoms with Crippen molar-refractivity contribution in [2.45, 2.75) is 24.4 Å². The van der Waals surface area contributed by atoms with Crippen LogP contribution in [0, 0.1) is 11.6 Å². The zero-order chi connectivity index (χ0) is 22.0. The number of halogens is 3. The van der Waals surface area contributed by atoms with Gasteiger partial charge < -0.3 is 10.6 Å². The van der Waals surface area contributed by atoms with Crippen LogP contribution in [0.2, 0.25) is 0 Å². The van der Waals surface area contributed by atoms with Crippen LogP contribution in [0.15, 0.2) is 48.7 Å². The Bertz CT molecular complexity index is 1100. The standard InChI is InChI=1S/C22H20F3N5O/c1-26-21(31)13-4-5-16(24)15(9-13)18-6-7-19(30-29-18)28-12-22(10-14(23)11-22)20-17(25)3-2-8-27-20/h2-9,14H,10-12H2,1H3,(H,26,31)(H,28,30). The summed E-state index contributed by atoms with van der Waals surface area (Å²) in [6, 6.07) is 9.95. The summed E-state index contributed by atoms with van der Waals surface area (Å²) in [6.07, 6.45) is 0.808. The topological polar surface area (TPSA) is 79.8 Å². The first kappa shape index (κ1) is 20.8. The quantitative estimate of drug-likeness (QED) is 0.628. The van der Waals surface area contributed by atoms with Crippen molar-refractivity contribution in [1.82, 2.24) is 20.5 Å². The number of hydrogen-bond donors (Lipinski definition) is 2. The van der Waals surface area contributed by atoms with E-state index < -0.39 is 23.2 Å². The lowest BCUT2D eigenvalue weighted by molar-refractivity contribution is 0.0958. The number of amides is 1. The van der Waals surface area contributed by atoms with Gasteiger partial charge in [-0.25, -0.2) is 13.2 Å². The van der Waals surface area contributed by atoms with Crippen LogP contribution in [0.4, 0.5) is 19.0 Å². The molecule has 2 aromatic heterocycles. The molecule has 6 nitrogen and oxygen atoms in total. The molecule has 0 aliphatic heterocycles. The van der Waals surface area contributed by atoms with Crippen molar-refractivity contribution in [2.75, 3.05) is 18.9 Å². The third kappa shape index (κ3) is 4.08. The van der Waals surface area contributed by atoms with E-state index in [2.05, 4.69) is 25.8 Å². The van der Waals surface area contributed by atoms with Crippen molar-refractivity contribution in [2.24, 2.45) is 0 Å². The van der Waals surface area contributed by atoms with Crippen molar-refractivity contribution in [3.8, 4) is 11.3 Å². The number of nitrogens with zero attached hydrogens (tertiary/aromatic N) is 3. The molecule has 1 fully saturated rings. The Labute approximate surface area is 176 Å². The Kier molecular flexibility index (Phi) is 5.58. The highest BCUT2D eigenvalue weighted by Crippen LogP contribution is 2.45. The molecule has 2 heterocycles. The van der Waals surface area contributed by atoms with Gasteiger partial charge in [-0.15, -0.1) is 10.2 Å². The van der Waals surface area contributed by atoms with E-state index in [1.165, 1.54) is 43.6 Å². The van der Waals surface area contributed by atoms with E-state index in [1.807, 2.05) is 0 Å². The highest BCUT2D eigenvalue weighted by Gasteiger charge is 2.48. The average Bonchev–Trinajstić information content (AvgIpc) is 2.76. The van der Waals surface area contributed by atoms with Crippen molar-refractivity contribution in [3.05, 3.63) is 71.6 Å². The van der Waals surface area contributed by atoms with Crippen molar-refractivity contribution < 1.29 is 18.0 Å². The molecule has 0 unspecified atom stereocenters. The summed E-state index contributed by atoms with van der Waals surface area (Å²) in [4.78, 5) is 15.9. The highest BCUT2D eigenvalue weighted by molar-refractivity contribution is 5.95. The number of pyridine rings is 1. The van der Waals surface area contributed by atoms with E-state index in [0.29, 0.717) is 11.4 Å². The number of nitrogens with one attached hydrogen (secondary N) is 2. The second-order valence-electron chi connectivity index (χ2n) is 7.55. The van der Waals surface area contributed by atoms with Crippen molar-refractivity contribution >= 4 is 11.7 Å². The van der Waals surface area contributed by atoms with Gasteiger partial charge in [-0.1, -0.05) is 0 Å². The van der Waals surface area contributed by atoms with E-state index in [-0.39, 0.29) is 42.2 Å². The summed E-state index contributed by atoms with van der Waals surface area (Å²) in [6.45, 7) is 0.232. The van der Waals surface area contributed by atoms with Crippen LogP contribution in [0.25, 0.3) is 11.3 Å². The van der Waals surface area contributed by atoms with Gasteiger partial charge in [0, 0.05) is 36.3 Å². The summed E-state index contributed by atoms with van der Waals surface area (Å²) in [5.74, 6) is -0.962. The zero-order valence-electron chi connectivity index (χ0n) is 16.7. The smallest absolute Gasteiger partial charge is 0.251 e. The van der Waals surface area contributed by atoms with Gasteiger partial charge in [-0.3, -0.25) is 9.78 Å². The number of carbonyl (C=O) groups excluding carboxylic acids is 1. The second kappa shape index (κ2) is 8.33. The third-order valence-electron chi connectivity index (χ3n) is 5.49. The second-order valence-corrected chi connectivity index (χ2v) is 7.55. The van der Waals surface area contributed by atoms with Gasteiger partial charge in [0.25, 0.3) is 5.91 Å². The maximum Gasteiger partial charge on any atom is 0.251 e. The van der Waals surface area contributed by atoms with E-state index in [0.717, 1.165) is 0 Å². The van der Waals surface area contributed by atoms with E-state index in [9.17, 15) is 18.0 Å². The summed E-state index contributed by atoms with van der Waals surface area (Å²) >= 11 is 0. The maximum absolute atomic E-state index is 14.3.